The summed E-state index contributed by atoms with van der Waals surface area (Å²) < 4.78 is 0. The molecule has 0 fully saturated rings. The lowest BCUT2D eigenvalue weighted by molar-refractivity contribution is -0.123. The Morgan fingerprint density at radius 2 is 0.655 bits per heavy atom. The molecule has 3 N–H and O–H groups in total. The highest BCUT2D eigenvalue weighted by Crippen LogP contribution is 2.17. The number of hydrogen-bond acceptors (Lipinski definition) is 3. The largest absolute Gasteiger partial charge is 0.394 e. The topological polar surface area (TPSA) is 69.6 Å². The van der Waals surface area contributed by atoms with Gasteiger partial charge in [-0.15, -0.1) is 0 Å². The smallest absolute Gasteiger partial charge is 0.220 e. The minimum absolute atomic E-state index is 0.0623. The lowest BCUT2D eigenvalue weighted by Gasteiger charge is -2.20. The van der Waals surface area contributed by atoms with Crippen LogP contribution in [0.5, 0.6) is 0 Å². The zero-order chi connectivity index (χ0) is 42.1. The molecule has 0 aromatic rings. The lowest BCUT2D eigenvalue weighted by atomic mass is 10.0. The van der Waals surface area contributed by atoms with Crippen LogP contribution in [0.3, 0.4) is 0 Å². The summed E-state index contributed by atoms with van der Waals surface area (Å²) >= 11 is 0. The Bertz CT molecular complexity index is 840. The highest BCUT2D eigenvalue weighted by molar-refractivity contribution is 5.76. The van der Waals surface area contributed by atoms with Crippen LogP contribution in [0.15, 0.2) is 24.3 Å². The number of rotatable bonds is 49. The van der Waals surface area contributed by atoms with Crippen LogP contribution in [-0.4, -0.2) is 34.9 Å². The van der Waals surface area contributed by atoms with E-state index < -0.39 is 12.1 Å². The summed E-state index contributed by atoms with van der Waals surface area (Å²) in [5.74, 6) is -0.0623. The molecule has 0 saturated carbocycles. The second-order valence-electron chi connectivity index (χ2n) is 18.3. The SMILES string of the molecule is CCCCCCCC/C=C\CCCCCCCCCCCC(=O)NC(CO)C(O)/C=C/CCCCCCCCCCCCCCCCCCCCCCCCCCC. The molecule has 58 heavy (non-hydrogen) atoms. The molecule has 0 rings (SSSR count). The molecule has 0 aliphatic heterocycles. The molecule has 2 atom stereocenters. The van der Waals surface area contributed by atoms with E-state index in [9.17, 15) is 15.0 Å². The van der Waals surface area contributed by atoms with E-state index in [4.69, 9.17) is 0 Å². The van der Waals surface area contributed by atoms with Gasteiger partial charge in [-0.2, -0.15) is 0 Å². The molecule has 4 heteroatoms. The van der Waals surface area contributed by atoms with Crippen LogP contribution in [0.4, 0.5) is 0 Å². The Kier molecular flexibility index (Phi) is 49.2. The van der Waals surface area contributed by atoms with Crippen molar-refractivity contribution < 1.29 is 15.0 Å². The van der Waals surface area contributed by atoms with E-state index in [0.717, 1.165) is 25.7 Å². The predicted molar refractivity (Wildman–Crippen MR) is 258 cm³/mol. The quantitative estimate of drug-likeness (QED) is 0.0423. The van der Waals surface area contributed by atoms with Crippen molar-refractivity contribution in [2.45, 2.75) is 309 Å². The van der Waals surface area contributed by atoms with E-state index in [0.29, 0.717) is 6.42 Å². The Hall–Kier alpha value is -1.13. The first-order valence-corrected chi connectivity index (χ1v) is 26.6. The van der Waals surface area contributed by atoms with E-state index in [1.807, 2.05) is 6.08 Å². The van der Waals surface area contributed by atoms with Crippen LogP contribution in [0.25, 0.3) is 0 Å². The van der Waals surface area contributed by atoms with E-state index in [2.05, 4.69) is 31.3 Å². The van der Waals surface area contributed by atoms with Crippen LogP contribution in [-0.2, 0) is 4.79 Å². The molecule has 344 valence electrons. The fraction of sp³-hybridized carbons (Fsp3) is 0.907. The highest BCUT2D eigenvalue weighted by atomic mass is 16.3. The Labute approximate surface area is 364 Å². The molecular formula is C54H105NO3. The number of allylic oxidation sites excluding steroid dienone is 3. The van der Waals surface area contributed by atoms with Gasteiger partial charge in [0.25, 0.3) is 0 Å². The molecule has 0 radical (unpaired) electrons. The summed E-state index contributed by atoms with van der Waals surface area (Å²) in [5, 5.41) is 23.1. The van der Waals surface area contributed by atoms with Gasteiger partial charge in [0, 0.05) is 6.42 Å². The number of aliphatic hydroxyl groups excluding tert-OH is 2. The summed E-state index contributed by atoms with van der Waals surface area (Å²) in [4.78, 5) is 12.4. The van der Waals surface area contributed by atoms with Gasteiger partial charge in [0.2, 0.25) is 5.91 Å². The molecule has 0 aliphatic rings. The first kappa shape index (κ1) is 56.9. The van der Waals surface area contributed by atoms with Gasteiger partial charge in [-0.3, -0.25) is 4.79 Å². The fourth-order valence-electron chi connectivity index (χ4n) is 8.35. The third-order valence-corrected chi connectivity index (χ3v) is 12.4. The first-order chi connectivity index (χ1) is 28.7. The van der Waals surface area contributed by atoms with Gasteiger partial charge >= 0.3 is 0 Å². The van der Waals surface area contributed by atoms with Crippen LogP contribution >= 0.6 is 0 Å². The Morgan fingerprint density at radius 1 is 0.397 bits per heavy atom. The monoisotopic (exact) mass is 816 g/mol. The normalized spacial score (nSPS) is 13.0. The molecule has 0 spiro atoms. The van der Waals surface area contributed by atoms with Crippen molar-refractivity contribution >= 4 is 5.91 Å². The Balaban J connectivity index is 3.48. The van der Waals surface area contributed by atoms with Gasteiger partial charge < -0.3 is 15.5 Å². The van der Waals surface area contributed by atoms with Crippen molar-refractivity contribution in [2.75, 3.05) is 6.61 Å². The van der Waals surface area contributed by atoms with Crippen LogP contribution in [0.2, 0.25) is 0 Å². The zero-order valence-electron chi connectivity index (χ0n) is 39.6. The summed E-state index contributed by atoms with van der Waals surface area (Å²) in [7, 11) is 0. The van der Waals surface area contributed by atoms with Gasteiger partial charge in [0.1, 0.15) is 0 Å². The summed E-state index contributed by atoms with van der Waals surface area (Å²) in [6.45, 7) is 4.33. The molecule has 0 heterocycles. The first-order valence-electron chi connectivity index (χ1n) is 26.6. The van der Waals surface area contributed by atoms with Gasteiger partial charge in [0.05, 0.1) is 18.8 Å². The van der Waals surface area contributed by atoms with Crippen LogP contribution in [0.1, 0.15) is 296 Å². The second-order valence-corrected chi connectivity index (χ2v) is 18.3. The van der Waals surface area contributed by atoms with Crippen molar-refractivity contribution in [3.05, 3.63) is 24.3 Å². The fourth-order valence-corrected chi connectivity index (χ4v) is 8.35. The van der Waals surface area contributed by atoms with Gasteiger partial charge in [-0.25, -0.2) is 0 Å². The molecular weight excluding hydrogens is 711 g/mol. The molecule has 0 bridgehead atoms. The molecule has 0 saturated heterocycles. The van der Waals surface area contributed by atoms with Crippen molar-refractivity contribution in [1.29, 1.82) is 0 Å². The highest BCUT2D eigenvalue weighted by Gasteiger charge is 2.18. The number of carbonyl (C=O) groups excluding carboxylic acids is 1. The van der Waals surface area contributed by atoms with E-state index in [1.54, 1.807) is 6.08 Å². The van der Waals surface area contributed by atoms with E-state index >= 15 is 0 Å². The standard InChI is InChI=1S/C54H105NO3/c1-3-5-7-9-11-13-15-17-19-21-23-24-25-26-27-28-29-30-32-33-35-37-39-41-43-45-47-49-53(57)52(51-56)55-54(58)50-48-46-44-42-40-38-36-34-31-22-20-18-16-14-12-10-8-6-4-2/h18,20,47,49,52-53,56-57H,3-17,19,21-46,48,50-51H2,1-2H3,(H,55,58)/b20-18-,49-47+. The van der Waals surface area contributed by atoms with Crippen LogP contribution < -0.4 is 5.32 Å². The zero-order valence-corrected chi connectivity index (χ0v) is 39.6. The van der Waals surface area contributed by atoms with Gasteiger partial charge in [-0.05, 0) is 44.9 Å². The van der Waals surface area contributed by atoms with Crippen molar-refractivity contribution in [2.24, 2.45) is 0 Å². The average molecular weight is 816 g/mol. The average Bonchev–Trinajstić information content (AvgIpc) is 3.23. The third kappa shape index (κ3) is 45.9. The maximum atomic E-state index is 12.4. The van der Waals surface area contributed by atoms with E-state index in [-0.39, 0.29) is 12.5 Å². The molecule has 0 aliphatic carbocycles. The lowest BCUT2D eigenvalue weighted by Crippen LogP contribution is -2.45. The number of carbonyl (C=O) groups is 1. The maximum absolute atomic E-state index is 12.4. The molecule has 2 unspecified atom stereocenters. The number of amides is 1. The van der Waals surface area contributed by atoms with E-state index in [1.165, 1.54) is 250 Å². The minimum Gasteiger partial charge on any atom is -0.394 e. The summed E-state index contributed by atoms with van der Waals surface area (Å²) in [6.07, 6.45) is 66.1. The van der Waals surface area contributed by atoms with Crippen molar-refractivity contribution in [1.82, 2.24) is 5.32 Å². The Morgan fingerprint density at radius 3 is 0.948 bits per heavy atom. The molecule has 0 aromatic heterocycles. The summed E-state index contributed by atoms with van der Waals surface area (Å²) in [6, 6.07) is -0.622. The number of aliphatic hydroxyl groups is 2. The molecule has 4 nitrogen and oxygen atoms in total. The van der Waals surface area contributed by atoms with Crippen molar-refractivity contribution in [3.63, 3.8) is 0 Å². The maximum Gasteiger partial charge on any atom is 0.220 e. The van der Waals surface area contributed by atoms with Crippen LogP contribution in [0, 0.1) is 0 Å². The van der Waals surface area contributed by atoms with Gasteiger partial charge in [0.15, 0.2) is 0 Å². The molecule has 0 aromatic carbocycles. The minimum atomic E-state index is -0.839. The third-order valence-electron chi connectivity index (χ3n) is 12.4. The predicted octanol–water partition coefficient (Wildman–Crippen LogP) is 17.1. The number of nitrogens with one attached hydrogen (secondary N) is 1. The number of unbranched alkanes of at least 4 members (excludes halogenated alkanes) is 40. The van der Waals surface area contributed by atoms with Crippen molar-refractivity contribution in [3.8, 4) is 0 Å². The van der Waals surface area contributed by atoms with Gasteiger partial charge in [-0.1, -0.05) is 269 Å². The second kappa shape index (κ2) is 50.2. The number of hydrogen-bond donors (Lipinski definition) is 3. The summed E-state index contributed by atoms with van der Waals surface area (Å²) in [5.41, 5.74) is 0. The molecule has 1 amide bonds.